The Morgan fingerprint density at radius 3 is 2.63 bits per heavy atom. The van der Waals surface area contributed by atoms with Gasteiger partial charge >= 0.3 is 5.82 Å². The highest BCUT2D eigenvalue weighted by Crippen LogP contribution is 2.26. The third-order valence-corrected chi connectivity index (χ3v) is 5.69. The number of benzene rings is 1. The van der Waals surface area contributed by atoms with Crippen LogP contribution in [0.5, 0.6) is 0 Å². The van der Waals surface area contributed by atoms with Gasteiger partial charge in [0.15, 0.2) is 11.9 Å². The topological polar surface area (TPSA) is 108 Å². The molecule has 2 heterocycles. The Morgan fingerprint density at radius 1 is 1.30 bits per heavy atom. The van der Waals surface area contributed by atoms with E-state index < -0.39 is 11.0 Å². The Balaban J connectivity index is 1.77. The quantitative estimate of drug-likeness (QED) is 0.351. The molecule has 2 aromatic heterocycles. The van der Waals surface area contributed by atoms with Gasteiger partial charge in [0.25, 0.3) is 5.91 Å². The SMILES string of the molecule is CCC(C(=O)Nc1nn(Cc2ccc(Cl)c(Cl)c2)cc1Br)n1nc([N+](=O)[O-])cc1C. The zero-order valence-corrected chi connectivity index (χ0v) is 19.1. The summed E-state index contributed by atoms with van der Waals surface area (Å²) in [7, 11) is 0. The molecule has 0 saturated carbocycles. The van der Waals surface area contributed by atoms with Crippen LogP contribution >= 0.6 is 39.1 Å². The minimum atomic E-state index is -0.717. The molecule has 0 radical (unpaired) electrons. The molecule has 0 aliphatic rings. The van der Waals surface area contributed by atoms with Gasteiger partial charge in [-0.15, -0.1) is 0 Å². The number of aromatic nitrogens is 4. The molecule has 0 aliphatic carbocycles. The van der Waals surface area contributed by atoms with Crippen molar-refractivity contribution >= 4 is 56.7 Å². The number of rotatable bonds is 7. The molecule has 3 aromatic rings. The maximum absolute atomic E-state index is 12.8. The van der Waals surface area contributed by atoms with E-state index in [1.54, 1.807) is 36.9 Å². The zero-order valence-electron chi connectivity index (χ0n) is 16.0. The number of carbonyl (C=O) groups excluding carboxylic acids is 1. The molecule has 1 N–H and O–H groups in total. The number of nitrogens with zero attached hydrogens (tertiary/aromatic N) is 5. The second kappa shape index (κ2) is 9.15. The summed E-state index contributed by atoms with van der Waals surface area (Å²) < 4.78 is 3.59. The van der Waals surface area contributed by atoms with Gasteiger partial charge in [-0.25, -0.2) is 0 Å². The van der Waals surface area contributed by atoms with Crippen LogP contribution < -0.4 is 5.32 Å². The maximum atomic E-state index is 12.8. The average Bonchev–Trinajstić information content (AvgIpc) is 3.22. The number of hydrogen-bond donors (Lipinski definition) is 1. The Kier molecular flexibility index (Phi) is 6.79. The molecule has 30 heavy (non-hydrogen) atoms. The number of halogens is 3. The first-order valence-corrected chi connectivity index (χ1v) is 10.4. The van der Waals surface area contributed by atoms with Gasteiger partial charge in [0.2, 0.25) is 0 Å². The molecule has 0 aliphatic heterocycles. The summed E-state index contributed by atoms with van der Waals surface area (Å²) in [6.07, 6.45) is 2.12. The average molecular weight is 516 g/mol. The zero-order chi connectivity index (χ0) is 22.0. The third-order valence-electron chi connectivity index (χ3n) is 4.37. The fourth-order valence-electron chi connectivity index (χ4n) is 2.93. The lowest BCUT2D eigenvalue weighted by molar-refractivity contribution is -0.389. The van der Waals surface area contributed by atoms with Crippen molar-refractivity contribution < 1.29 is 9.72 Å². The second-order valence-corrected chi connectivity index (χ2v) is 8.20. The highest BCUT2D eigenvalue weighted by Gasteiger charge is 2.28. The van der Waals surface area contributed by atoms with E-state index in [1.807, 2.05) is 6.07 Å². The summed E-state index contributed by atoms with van der Waals surface area (Å²) in [5.41, 5.74) is 1.41. The summed E-state index contributed by atoms with van der Waals surface area (Å²) in [5.74, 6) is -0.345. The maximum Gasteiger partial charge on any atom is 0.390 e. The van der Waals surface area contributed by atoms with Gasteiger partial charge in [0.1, 0.15) is 0 Å². The highest BCUT2D eigenvalue weighted by atomic mass is 79.9. The Hall–Kier alpha value is -2.43. The third kappa shape index (κ3) is 4.82. The monoisotopic (exact) mass is 514 g/mol. The van der Waals surface area contributed by atoms with Gasteiger partial charge in [0.05, 0.1) is 37.9 Å². The lowest BCUT2D eigenvalue weighted by Gasteiger charge is -2.13. The van der Waals surface area contributed by atoms with E-state index in [4.69, 9.17) is 23.2 Å². The Bertz CT molecular complexity index is 1110. The minimum absolute atomic E-state index is 0.300. The molecule has 1 aromatic carbocycles. The minimum Gasteiger partial charge on any atom is -0.358 e. The van der Waals surface area contributed by atoms with E-state index in [0.717, 1.165) is 5.56 Å². The van der Waals surface area contributed by atoms with Gasteiger partial charge in [-0.05, 0) is 51.9 Å². The molecule has 0 saturated heterocycles. The van der Waals surface area contributed by atoms with E-state index in [2.05, 4.69) is 31.4 Å². The first-order chi connectivity index (χ1) is 14.2. The smallest absolute Gasteiger partial charge is 0.358 e. The normalized spacial score (nSPS) is 12.0. The van der Waals surface area contributed by atoms with Gasteiger partial charge in [-0.3, -0.25) is 9.48 Å². The molecular formula is C18H17BrCl2N6O3. The number of hydrogen-bond acceptors (Lipinski definition) is 5. The molecule has 158 valence electrons. The molecule has 0 fully saturated rings. The molecule has 0 spiro atoms. The Morgan fingerprint density at radius 2 is 2.03 bits per heavy atom. The van der Waals surface area contributed by atoms with Crippen LogP contribution in [-0.4, -0.2) is 30.4 Å². The van der Waals surface area contributed by atoms with E-state index >= 15 is 0 Å². The fraction of sp³-hybridized carbons (Fsp3) is 0.278. The van der Waals surface area contributed by atoms with E-state index in [9.17, 15) is 14.9 Å². The molecule has 9 nitrogen and oxygen atoms in total. The summed E-state index contributed by atoms with van der Waals surface area (Å²) >= 11 is 15.4. The molecule has 1 atom stereocenters. The highest BCUT2D eigenvalue weighted by molar-refractivity contribution is 9.10. The summed E-state index contributed by atoms with van der Waals surface area (Å²) in [6, 6.07) is 5.90. The van der Waals surface area contributed by atoms with Crippen LogP contribution in [0, 0.1) is 17.0 Å². The van der Waals surface area contributed by atoms with Gasteiger partial charge in [-0.2, -0.15) is 9.78 Å². The van der Waals surface area contributed by atoms with Crippen molar-refractivity contribution in [2.45, 2.75) is 32.9 Å². The first kappa shape index (κ1) is 22.3. The fourth-order valence-corrected chi connectivity index (χ4v) is 3.67. The van der Waals surface area contributed by atoms with Gasteiger partial charge < -0.3 is 15.4 Å². The van der Waals surface area contributed by atoms with Crippen molar-refractivity contribution in [3.05, 3.63) is 66.4 Å². The molecule has 1 unspecified atom stereocenters. The van der Waals surface area contributed by atoms with E-state index in [1.165, 1.54) is 10.7 Å². The lowest BCUT2D eigenvalue weighted by Crippen LogP contribution is -2.27. The van der Waals surface area contributed by atoms with Gasteiger partial charge in [0, 0.05) is 6.20 Å². The van der Waals surface area contributed by atoms with Crippen molar-refractivity contribution in [3.63, 3.8) is 0 Å². The van der Waals surface area contributed by atoms with Crippen LogP contribution in [0.2, 0.25) is 10.0 Å². The van der Waals surface area contributed by atoms with E-state index in [0.29, 0.717) is 39.0 Å². The van der Waals surface area contributed by atoms with Crippen LogP contribution in [0.25, 0.3) is 0 Å². The van der Waals surface area contributed by atoms with Crippen LogP contribution in [-0.2, 0) is 11.3 Å². The largest absolute Gasteiger partial charge is 0.390 e. The predicted molar refractivity (Wildman–Crippen MR) is 117 cm³/mol. The van der Waals surface area contributed by atoms with Crippen molar-refractivity contribution in [3.8, 4) is 0 Å². The number of nitrogens with one attached hydrogen (secondary N) is 1. The Labute approximate surface area is 190 Å². The molecule has 3 rings (SSSR count). The summed E-state index contributed by atoms with van der Waals surface area (Å²) in [6.45, 7) is 3.89. The van der Waals surface area contributed by atoms with Crippen molar-refractivity contribution in [1.82, 2.24) is 19.6 Å². The van der Waals surface area contributed by atoms with Crippen LogP contribution in [0.1, 0.15) is 30.6 Å². The second-order valence-electron chi connectivity index (χ2n) is 6.53. The number of nitro groups is 1. The number of anilines is 1. The number of carbonyl (C=O) groups is 1. The van der Waals surface area contributed by atoms with Crippen LogP contribution in [0.4, 0.5) is 11.6 Å². The molecular weight excluding hydrogens is 499 g/mol. The molecule has 1 amide bonds. The van der Waals surface area contributed by atoms with Crippen molar-refractivity contribution in [2.24, 2.45) is 0 Å². The summed E-state index contributed by atoms with van der Waals surface area (Å²) in [5, 5.41) is 23.0. The lowest BCUT2D eigenvalue weighted by atomic mass is 10.2. The number of aryl methyl sites for hydroxylation is 1. The summed E-state index contributed by atoms with van der Waals surface area (Å²) in [4.78, 5) is 23.2. The van der Waals surface area contributed by atoms with Crippen LogP contribution in [0.15, 0.2) is 34.9 Å². The number of amides is 1. The standard InChI is InChI=1S/C18H17BrCl2N6O3/c1-3-15(26-10(2)6-16(23-26)27(29)30)18(28)22-17-12(19)9-25(24-17)8-11-4-5-13(20)14(21)7-11/h4-7,9,15H,3,8H2,1-2H3,(H,22,24,28). The molecule has 12 heteroatoms. The first-order valence-electron chi connectivity index (χ1n) is 8.87. The molecule has 0 bridgehead atoms. The van der Waals surface area contributed by atoms with Gasteiger partial charge in [-0.1, -0.05) is 36.2 Å². The van der Waals surface area contributed by atoms with E-state index in [-0.39, 0.29) is 11.7 Å². The van der Waals surface area contributed by atoms with Crippen LogP contribution in [0.3, 0.4) is 0 Å². The van der Waals surface area contributed by atoms with Crippen molar-refractivity contribution in [1.29, 1.82) is 0 Å². The van der Waals surface area contributed by atoms with Crippen molar-refractivity contribution in [2.75, 3.05) is 5.32 Å². The predicted octanol–water partition coefficient (Wildman–Crippen LogP) is 5.00.